The summed E-state index contributed by atoms with van der Waals surface area (Å²) in [4.78, 5) is 18.2. The van der Waals surface area contributed by atoms with Gasteiger partial charge in [-0.05, 0) is 6.92 Å². The van der Waals surface area contributed by atoms with E-state index in [1.807, 2.05) is 0 Å². The van der Waals surface area contributed by atoms with Crippen LogP contribution in [-0.4, -0.2) is 35.2 Å². The lowest BCUT2D eigenvalue weighted by Gasteiger charge is -2.11. The molecule has 0 heterocycles. The minimum Gasteiger partial charge on any atom is -0.390 e. The van der Waals surface area contributed by atoms with Crippen LogP contribution in [0.1, 0.15) is 6.92 Å². The van der Waals surface area contributed by atoms with E-state index in [2.05, 4.69) is 9.84 Å². The van der Waals surface area contributed by atoms with Crippen LogP contribution in [0.25, 0.3) is 0 Å². The lowest BCUT2D eigenvalue weighted by Crippen LogP contribution is -2.35. The molecule has 3 unspecified atom stereocenters. The first-order valence-electron chi connectivity index (χ1n) is 3.26. The summed E-state index contributed by atoms with van der Waals surface area (Å²) in [6.45, 7) is 1.40. The molecule has 0 saturated heterocycles. The van der Waals surface area contributed by atoms with Gasteiger partial charge in [0.2, 0.25) is 6.41 Å². The normalized spacial score (nSPS) is 16.4. The maximum atomic E-state index is 10.2. The number of aliphatic hydroxyl groups excluding tert-OH is 1. The third kappa shape index (κ3) is 5.15. The molecule has 0 fully saturated rings. The van der Waals surface area contributed by atoms with Crippen molar-refractivity contribution >= 4 is 14.7 Å². The summed E-state index contributed by atoms with van der Waals surface area (Å²) in [7, 11) is -2.75. The summed E-state index contributed by atoms with van der Waals surface area (Å²) in [5.74, 6) is 0. The topological polar surface area (TPSA) is 95.9 Å². The minimum absolute atomic E-state index is 0.00278. The van der Waals surface area contributed by atoms with Gasteiger partial charge >= 0.3 is 8.25 Å². The van der Waals surface area contributed by atoms with E-state index in [9.17, 15) is 9.36 Å². The van der Waals surface area contributed by atoms with Crippen LogP contribution >= 0.6 is 8.25 Å². The molecule has 1 amide bonds. The van der Waals surface area contributed by atoms with E-state index in [-0.39, 0.29) is 6.54 Å². The zero-order valence-corrected chi connectivity index (χ0v) is 7.40. The predicted molar refractivity (Wildman–Crippen MR) is 40.4 cm³/mol. The van der Waals surface area contributed by atoms with Crippen molar-refractivity contribution in [3.8, 4) is 0 Å². The Morgan fingerprint density at radius 2 is 2.33 bits per heavy atom. The average Bonchev–Trinajstić information content (AvgIpc) is 1.96. The number of carbonyl (C=O) groups excluding carboxylic acids is 1. The Morgan fingerprint density at radius 3 is 2.67 bits per heavy atom. The van der Waals surface area contributed by atoms with Crippen molar-refractivity contribution in [1.29, 1.82) is 0 Å². The average molecular weight is 196 g/mol. The first kappa shape index (κ1) is 11.4. The Labute approximate surface area is 70.5 Å². The van der Waals surface area contributed by atoms with Crippen LogP contribution in [0.4, 0.5) is 0 Å². The van der Waals surface area contributed by atoms with Crippen molar-refractivity contribution in [3.05, 3.63) is 0 Å². The SMILES string of the molecule is CC(O)C(CNC=O)O[P+](=O)O. The number of nitrogens with one attached hydrogen (secondary N) is 1. The van der Waals surface area contributed by atoms with Gasteiger partial charge < -0.3 is 10.4 Å². The molecule has 0 saturated carbocycles. The summed E-state index contributed by atoms with van der Waals surface area (Å²) in [6, 6.07) is 0. The molecular weight excluding hydrogens is 185 g/mol. The second-order valence-electron chi connectivity index (χ2n) is 2.15. The fourth-order valence-electron chi connectivity index (χ4n) is 0.576. The fourth-order valence-corrected chi connectivity index (χ4v) is 1.06. The van der Waals surface area contributed by atoms with E-state index in [1.54, 1.807) is 0 Å². The zero-order valence-electron chi connectivity index (χ0n) is 6.51. The Balaban J connectivity index is 3.85. The molecule has 7 heteroatoms. The van der Waals surface area contributed by atoms with Gasteiger partial charge in [0.05, 0.1) is 12.6 Å². The van der Waals surface area contributed by atoms with Crippen LogP contribution < -0.4 is 5.32 Å². The van der Waals surface area contributed by atoms with Crippen LogP contribution in [0, 0.1) is 0 Å². The molecule has 0 aromatic carbocycles. The molecule has 0 aliphatic heterocycles. The fraction of sp³-hybridized carbons (Fsp3) is 0.800. The molecule has 0 bridgehead atoms. The maximum Gasteiger partial charge on any atom is 0.695 e. The number of rotatable bonds is 6. The van der Waals surface area contributed by atoms with E-state index in [4.69, 9.17) is 10.00 Å². The highest BCUT2D eigenvalue weighted by Crippen LogP contribution is 2.19. The maximum absolute atomic E-state index is 10.2. The number of hydrogen-bond acceptors (Lipinski definition) is 4. The summed E-state index contributed by atoms with van der Waals surface area (Å²) in [6.07, 6.45) is -1.35. The Hall–Kier alpha value is -0.550. The van der Waals surface area contributed by atoms with Crippen molar-refractivity contribution in [1.82, 2.24) is 5.32 Å². The first-order valence-corrected chi connectivity index (χ1v) is 4.39. The summed E-state index contributed by atoms with van der Waals surface area (Å²) in [5.41, 5.74) is 0. The van der Waals surface area contributed by atoms with E-state index in [0.717, 1.165) is 0 Å². The molecule has 0 aliphatic rings. The van der Waals surface area contributed by atoms with Gasteiger partial charge in [0.1, 0.15) is 0 Å². The van der Waals surface area contributed by atoms with Crippen molar-refractivity contribution < 1.29 is 23.9 Å². The third-order valence-electron chi connectivity index (χ3n) is 1.17. The van der Waals surface area contributed by atoms with Gasteiger partial charge in [0.25, 0.3) is 0 Å². The smallest absolute Gasteiger partial charge is 0.390 e. The van der Waals surface area contributed by atoms with Crippen molar-refractivity contribution in [3.63, 3.8) is 0 Å². The highest BCUT2D eigenvalue weighted by atomic mass is 31.1. The van der Waals surface area contributed by atoms with Gasteiger partial charge in [-0.3, -0.25) is 4.79 Å². The van der Waals surface area contributed by atoms with Crippen molar-refractivity contribution in [2.45, 2.75) is 19.1 Å². The highest BCUT2D eigenvalue weighted by molar-refractivity contribution is 7.32. The van der Waals surface area contributed by atoms with Crippen LogP contribution in [0.3, 0.4) is 0 Å². The summed E-state index contributed by atoms with van der Waals surface area (Å²) < 4.78 is 14.6. The lowest BCUT2D eigenvalue weighted by molar-refractivity contribution is -0.110. The van der Waals surface area contributed by atoms with Gasteiger partial charge in [-0.15, -0.1) is 9.42 Å². The van der Waals surface area contributed by atoms with E-state index in [1.165, 1.54) is 6.92 Å². The van der Waals surface area contributed by atoms with Crippen LogP contribution in [0.15, 0.2) is 0 Å². The molecule has 12 heavy (non-hydrogen) atoms. The molecule has 0 spiro atoms. The molecule has 0 aromatic heterocycles. The van der Waals surface area contributed by atoms with Crippen LogP contribution in [0.2, 0.25) is 0 Å². The second-order valence-corrected chi connectivity index (χ2v) is 2.83. The molecule has 0 rings (SSSR count). The standard InChI is InChI=1S/C5H10NO5P/c1-4(8)5(2-6-3-7)11-12(9)10/h3-5,8H,2H2,1H3,(H-,6,7,9,10)/p+1. The van der Waals surface area contributed by atoms with Gasteiger partial charge in [0.15, 0.2) is 6.10 Å². The van der Waals surface area contributed by atoms with Gasteiger partial charge in [0, 0.05) is 4.57 Å². The van der Waals surface area contributed by atoms with Crippen molar-refractivity contribution in [2.75, 3.05) is 6.54 Å². The lowest BCUT2D eigenvalue weighted by atomic mass is 10.2. The van der Waals surface area contributed by atoms with Gasteiger partial charge in [-0.25, -0.2) is 0 Å². The molecule has 6 nitrogen and oxygen atoms in total. The molecule has 0 aliphatic carbocycles. The van der Waals surface area contributed by atoms with Gasteiger partial charge in [-0.2, -0.15) is 0 Å². The quantitative estimate of drug-likeness (QED) is 0.379. The molecule has 70 valence electrons. The van der Waals surface area contributed by atoms with Crippen LogP contribution in [-0.2, 0) is 13.9 Å². The number of aliphatic hydroxyl groups is 1. The minimum atomic E-state index is -2.75. The van der Waals surface area contributed by atoms with Gasteiger partial charge in [-0.1, -0.05) is 0 Å². The van der Waals surface area contributed by atoms with E-state index < -0.39 is 20.5 Å². The summed E-state index contributed by atoms with van der Waals surface area (Å²) >= 11 is 0. The Kier molecular flexibility index (Phi) is 5.74. The monoisotopic (exact) mass is 196 g/mol. The van der Waals surface area contributed by atoms with E-state index in [0.29, 0.717) is 6.41 Å². The van der Waals surface area contributed by atoms with Crippen molar-refractivity contribution in [2.24, 2.45) is 0 Å². The largest absolute Gasteiger partial charge is 0.695 e. The third-order valence-corrected chi connectivity index (χ3v) is 1.62. The predicted octanol–water partition coefficient (Wildman–Crippen LogP) is -0.852. The summed E-state index contributed by atoms with van der Waals surface area (Å²) in [5, 5.41) is 11.2. The Morgan fingerprint density at radius 1 is 1.75 bits per heavy atom. The second kappa shape index (κ2) is 6.02. The molecule has 3 N–H and O–H groups in total. The van der Waals surface area contributed by atoms with Crippen LogP contribution in [0.5, 0.6) is 0 Å². The Bertz CT molecular complexity index is 162. The zero-order chi connectivity index (χ0) is 9.56. The first-order chi connectivity index (χ1) is 5.57. The molecule has 0 aromatic rings. The highest BCUT2D eigenvalue weighted by Gasteiger charge is 2.26. The molecule has 0 radical (unpaired) electrons. The molecule has 3 atom stereocenters. The molecular formula is C5H11NO5P+. The number of carbonyl (C=O) groups is 1. The van der Waals surface area contributed by atoms with E-state index >= 15 is 0 Å². The number of amides is 1. The number of hydrogen-bond donors (Lipinski definition) is 3.